The lowest BCUT2D eigenvalue weighted by atomic mass is 10.0. The number of nitrogens with zero attached hydrogens (tertiary/aromatic N) is 1. The second-order valence-electron chi connectivity index (χ2n) is 7.27. The molecule has 2 aromatic rings. The Kier molecular flexibility index (Phi) is 5.04. The Bertz CT molecular complexity index is 704. The van der Waals surface area contributed by atoms with E-state index < -0.39 is 11.7 Å². The molecule has 2 heterocycles. The summed E-state index contributed by atoms with van der Waals surface area (Å²) >= 11 is 0. The first-order valence-electron chi connectivity index (χ1n) is 8.51. The molecule has 5 heteroatoms. The van der Waals surface area contributed by atoms with Gasteiger partial charge in [-0.15, -0.1) is 0 Å². The van der Waals surface area contributed by atoms with Crippen LogP contribution in [0.25, 0.3) is 11.1 Å². The van der Waals surface area contributed by atoms with E-state index in [0.29, 0.717) is 13.0 Å². The number of rotatable bonds is 5. The number of epoxide rings is 1. The Balaban J connectivity index is 1.63. The van der Waals surface area contributed by atoms with Gasteiger partial charge in [-0.05, 0) is 49.9 Å². The first-order valence-corrected chi connectivity index (χ1v) is 8.51. The Morgan fingerprint density at radius 1 is 1.28 bits per heavy atom. The standard InChI is InChI=1S/C20H24N2O3/c1-20(2,3)25-19(23)22-17(18-13-24-18)11-14-6-8-15(9-7-14)16-5-4-10-21-12-16/h4-10,12,17-18H,11,13H2,1-3H3,(H,22,23)/t17-,18-/m0/s1. The molecule has 0 aliphatic carbocycles. The van der Waals surface area contributed by atoms with E-state index in [1.54, 1.807) is 6.20 Å². The first kappa shape index (κ1) is 17.4. The van der Waals surface area contributed by atoms with Gasteiger partial charge in [-0.25, -0.2) is 4.79 Å². The van der Waals surface area contributed by atoms with Crippen LogP contribution in [0.5, 0.6) is 0 Å². The zero-order valence-corrected chi connectivity index (χ0v) is 14.9. The number of aromatic nitrogens is 1. The number of ether oxygens (including phenoxy) is 2. The van der Waals surface area contributed by atoms with Crippen LogP contribution in [-0.2, 0) is 15.9 Å². The molecule has 132 valence electrons. The maximum absolute atomic E-state index is 12.0. The maximum atomic E-state index is 12.0. The van der Waals surface area contributed by atoms with Crippen molar-refractivity contribution in [2.75, 3.05) is 6.61 Å². The van der Waals surface area contributed by atoms with Gasteiger partial charge in [0.25, 0.3) is 0 Å². The van der Waals surface area contributed by atoms with Crippen molar-refractivity contribution >= 4 is 6.09 Å². The highest BCUT2D eigenvalue weighted by atomic mass is 16.6. The molecule has 2 atom stereocenters. The molecule has 25 heavy (non-hydrogen) atoms. The molecule has 1 N–H and O–H groups in total. The molecule has 1 aliphatic heterocycles. The number of hydrogen-bond donors (Lipinski definition) is 1. The summed E-state index contributed by atoms with van der Waals surface area (Å²) in [6, 6.07) is 12.2. The van der Waals surface area contributed by atoms with Crippen LogP contribution < -0.4 is 5.32 Å². The molecule has 1 aromatic carbocycles. The van der Waals surface area contributed by atoms with Crippen LogP contribution in [-0.4, -0.2) is 35.4 Å². The van der Waals surface area contributed by atoms with Crippen molar-refractivity contribution in [2.45, 2.75) is 44.9 Å². The summed E-state index contributed by atoms with van der Waals surface area (Å²) in [5.41, 5.74) is 2.84. The fourth-order valence-corrected chi connectivity index (χ4v) is 2.64. The molecule has 1 aliphatic rings. The fourth-order valence-electron chi connectivity index (χ4n) is 2.64. The highest BCUT2D eigenvalue weighted by Gasteiger charge is 2.34. The number of amides is 1. The topological polar surface area (TPSA) is 63.8 Å². The molecule has 1 aromatic heterocycles. The number of benzene rings is 1. The van der Waals surface area contributed by atoms with Gasteiger partial charge >= 0.3 is 6.09 Å². The van der Waals surface area contributed by atoms with Gasteiger partial charge in [-0.3, -0.25) is 4.98 Å². The van der Waals surface area contributed by atoms with E-state index in [1.165, 1.54) is 0 Å². The van der Waals surface area contributed by atoms with Crippen LogP contribution in [0, 0.1) is 0 Å². The minimum atomic E-state index is -0.510. The quantitative estimate of drug-likeness (QED) is 0.845. The molecule has 1 fully saturated rings. The molecule has 0 bridgehead atoms. The van der Waals surface area contributed by atoms with Gasteiger partial charge in [0, 0.05) is 12.4 Å². The molecule has 5 nitrogen and oxygen atoms in total. The fraction of sp³-hybridized carbons (Fsp3) is 0.400. The largest absolute Gasteiger partial charge is 0.444 e. The Morgan fingerprint density at radius 3 is 2.56 bits per heavy atom. The smallest absolute Gasteiger partial charge is 0.407 e. The van der Waals surface area contributed by atoms with E-state index in [2.05, 4.69) is 34.6 Å². The molecule has 1 saturated heterocycles. The Hall–Kier alpha value is -2.40. The lowest BCUT2D eigenvalue weighted by Gasteiger charge is -2.23. The van der Waals surface area contributed by atoms with Crippen LogP contribution >= 0.6 is 0 Å². The minimum Gasteiger partial charge on any atom is -0.444 e. The van der Waals surface area contributed by atoms with Crippen molar-refractivity contribution in [1.82, 2.24) is 10.3 Å². The summed E-state index contributed by atoms with van der Waals surface area (Å²) in [5, 5.41) is 2.93. The third kappa shape index (κ3) is 5.29. The third-order valence-electron chi connectivity index (χ3n) is 3.91. The normalized spacial score (nSPS) is 17.6. The number of pyridine rings is 1. The molecular formula is C20H24N2O3. The van der Waals surface area contributed by atoms with Gasteiger partial charge in [0.05, 0.1) is 12.6 Å². The molecular weight excluding hydrogens is 316 g/mol. The molecule has 3 rings (SSSR count). The zero-order chi connectivity index (χ0) is 17.9. The monoisotopic (exact) mass is 340 g/mol. The Labute approximate surface area is 148 Å². The molecule has 0 spiro atoms. The first-order chi connectivity index (χ1) is 11.9. The molecule has 1 amide bonds. The van der Waals surface area contributed by atoms with Crippen LogP contribution in [0.4, 0.5) is 4.79 Å². The summed E-state index contributed by atoms with van der Waals surface area (Å²) in [6.45, 7) is 6.24. The highest BCUT2D eigenvalue weighted by molar-refractivity contribution is 5.68. The Morgan fingerprint density at radius 2 is 2.00 bits per heavy atom. The van der Waals surface area contributed by atoms with E-state index in [-0.39, 0.29) is 12.1 Å². The predicted octanol–water partition coefficient (Wildman–Crippen LogP) is 3.58. The SMILES string of the molecule is CC(C)(C)OC(=O)N[C@@H](Cc1ccc(-c2cccnc2)cc1)[C@@H]1CO1. The lowest BCUT2D eigenvalue weighted by Crippen LogP contribution is -2.43. The van der Waals surface area contributed by atoms with E-state index in [1.807, 2.05) is 39.1 Å². The number of hydrogen-bond acceptors (Lipinski definition) is 4. The van der Waals surface area contributed by atoms with E-state index >= 15 is 0 Å². The highest BCUT2D eigenvalue weighted by Crippen LogP contribution is 2.22. The predicted molar refractivity (Wildman–Crippen MR) is 96.3 cm³/mol. The van der Waals surface area contributed by atoms with Gasteiger partial charge in [-0.2, -0.15) is 0 Å². The average Bonchev–Trinajstić information content (AvgIpc) is 3.39. The summed E-state index contributed by atoms with van der Waals surface area (Å²) in [5.74, 6) is 0. The van der Waals surface area contributed by atoms with Crippen molar-refractivity contribution in [3.05, 3.63) is 54.4 Å². The number of carbonyl (C=O) groups excluding carboxylic acids is 1. The summed E-state index contributed by atoms with van der Waals surface area (Å²) in [6.07, 6.45) is 3.97. The maximum Gasteiger partial charge on any atom is 0.407 e. The minimum absolute atomic E-state index is 0.0607. The molecule has 0 saturated carbocycles. The summed E-state index contributed by atoms with van der Waals surface area (Å²) in [7, 11) is 0. The second kappa shape index (κ2) is 7.23. The van der Waals surface area contributed by atoms with Crippen molar-refractivity contribution in [3.63, 3.8) is 0 Å². The van der Waals surface area contributed by atoms with E-state index in [4.69, 9.17) is 9.47 Å². The molecule has 0 unspecified atom stereocenters. The summed E-state index contributed by atoms with van der Waals surface area (Å²) < 4.78 is 10.7. The summed E-state index contributed by atoms with van der Waals surface area (Å²) in [4.78, 5) is 16.2. The van der Waals surface area contributed by atoms with Crippen molar-refractivity contribution in [3.8, 4) is 11.1 Å². The van der Waals surface area contributed by atoms with Crippen molar-refractivity contribution in [2.24, 2.45) is 0 Å². The number of alkyl carbamates (subject to hydrolysis) is 1. The van der Waals surface area contributed by atoms with Crippen molar-refractivity contribution < 1.29 is 14.3 Å². The van der Waals surface area contributed by atoms with Crippen LogP contribution in [0.1, 0.15) is 26.3 Å². The second-order valence-corrected chi connectivity index (χ2v) is 7.27. The van der Waals surface area contributed by atoms with Crippen LogP contribution in [0.3, 0.4) is 0 Å². The van der Waals surface area contributed by atoms with E-state index in [9.17, 15) is 4.79 Å². The van der Waals surface area contributed by atoms with Crippen LogP contribution in [0.2, 0.25) is 0 Å². The van der Waals surface area contributed by atoms with Gasteiger partial charge < -0.3 is 14.8 Å². The number of carbonyl (C=O) groups is 1. The van der Waals surface area contributed by atoms with Crippen LogP contribution in [0.15, 0.2) is 48.8 Å². The van der Waals surface area contributed by atoms with Gasteiger partial charge in [0.2, 0.25) is 0 Å². The lowest BCUT2D eigenvalue weighted by molar-refractivity contribution is 0.0495. The van der Waals surface area contributed by atoms with Gasteiger partial charge in [0.15, 0.2) is 0 Å². The third-order valence-corrected chi connectivity index (χ3v) is 3.91. The average molecular weight is 340 g/mol. The van der Waals surface area contributed by atoms with Gasteiger partial charge in [0.1, 0.15) is 11.7 Å². The molecule has 0 radical (unpaired) electrons. The van der Waals surface area contributed by atoms with Crippen molar-refractivity contribution in [1.29, 1.82) is 0 Å². The van der Waals surface area contributed by atoms with Gasteiger partial charge in [-0.1, -0.05) is 30.3 Å². The number of nitrogens with one attached hydrogen (secondary N) is 1. The van der Waals surface area contributed by atoms with E-state index in [0.717, 1.165) is 16.7 Å². The zero-order valence-electron chi connectivity index (χ0n) is 14.9.